The second kappa shape index (κ2) is 5.94. The molecule has 19 heavy (non-hydrogen) atoms. The lowest BCUT2D eigenvalue weighted by atomic mass is 10.2. The van der Waals surface area contributed by atoms with Crippen molar-refractivity contribution in [3.8, 4) is 5.75 Å². The number of rotatable bonds is 3. The summed E-state index contributed by atoms with van der Waals surface area (Å²) in [6.07, 6.45) is 0. The van der Waals surface area contributed by atoms with Crippen LogP contribution in [0.25, 0.3) is 0 Å². The minimum atomic E-state index is -0.228. The second-order valence-corrected chi connectivity index (χ2v) is 7.39. The molecule has 7 heteroatoms. The van der Waals surface area contributed by atoms with Crippen LogP contribution >= 0.6 is 43.2 Å². The van der Waals surface area contributed by atoms with Crippen LogP contribution in [-0.2, 0) is 0 Å². The average Bonchev–Trinajstić information content (AvgIpc) is 2.71. The maximum Gasteiger partial charge on any atom is 0.257 e. The zero-order chi connectivity index (χ0) is 14.0. The highest BCUT2D eigenvalue weighted by Gasteiger charge is 2.15. The van der Waals surface area contributed by atoms with Crippen molar-refractivity contribution in [1.82, 2.24) is 0 Å². The number of hydrogen-bond donors (Lipinski definition) is 2. The third kappa shape index (κ3) is 3.29. The number of amides is 1. The lowest BCUT2D eigenvalue weighted by Crippen LogP contribution is -2.12. The molecule has 3 N–H and O–H groups in total. The largest absolute Gasteiger partial charge is 0.497 e. The summed E-state index contributed by atoms with van der Waals surface area (Å²) in [5.41, 5.74) is 7.39. The number of benzene rings is 1. The first-order valence-corrected chi connectivity index (χ1v) is 7.61. The van der Waals surface area contributed by atoms with Gasteiger partial charge in [0.2, 0.25) is 0 Å². The van der Waals surface area contributed by atoms with Crippen molar-refractivity contribution in [2.75, 3.05) is 18.2 Å². The topological polar surface area (TPSA) is 64.3 Å². The first-order valence-electron chi connectivity index (χ1n) is 5.21. The van der Waals surface area contributed by atoms with E-state index in [1.165, 1.54) is 11.3 Å². The Morgan fingerprint density at radius 1 is 1.37 bits per heavy atom. The molecule has 0 aliphatic rings. The highest BCUT2D eigenvalue weighted by molar-refractivity contribution is 9.12. The van der Waals surface area contributed by atoms with Crippen molar-refractivity contribution in [2.45, 2.75) is 0 Å². The molecule has 4 nitrogen and oxygen atoms in total. The smallest absolute Gasteiger partial charge is 0.257 e. The van der Waals surface area contributed by atoms with Crippen LogP contribution in [0.15, 0.2) is 31.8 Å². The normalized spacial score (nSPS) is 10.3. The van der Waals surface area contributed by atoms with E-state index in [2.05, 4.69) is 37.2 Å². The van der Waals surface area contributed by atoms with Gasteiger partial charge in [-0.1, -0.05) is 0 Å². The van der Waals surface area contributed by atoms with Gasteiger partial charge in [-0.15, -0.1) is 11.3 Å². The predicted octanol–water partition coefficient (Wildman–Crippen LogP) is 4.12. The third-order valence-electron chi connectivity index (χ3n) is 2.41. The van der Waals surface area contributed by atoms with Gasteiger partial charge in [0, 0.05) is 6.07 Å². The molecule has 0 fully saturated rings. The van der Waals surface area contributed by atoms with Crippen molar-refractivity contribution >= 4 is 60.5 Å². The van der Waals surface area contributed by atoms with Gasteiger partial charge in [-0.25, -0.2) is 0 Å². The number of carbonyl (C=O) groups is 1. The molecule has 0 aliphatic heterocycles. The fourth-order valence-electron chi connectivity index (χ4n) is 1.46. The molecular formula is C12H10Br2N2O2S. The standard InChI is InChI=1S/C12H10Br2N2O2S/c1-18-6-2-3-8(15)9(4-6)16-12(17)7-5-10(13)19-11(7)14/h2-5H,15H2,1H3,(H,16,17). The zero-order valence-electron chi connectivity index (χ0n) is 9.87. The minimum absolute atomic E-state index is 0.228. The van der Waals surface area contributed by atoms with Crippen LogP contribution in [0.3, 0.4) is 0 Å². The van der Waals surface area contributed by atoms with Crippen LogP contribution < -0.4 is 15.8 Å². The van der Waals surface area contributed by atoms with Crippen molar-refractivity contribution in [2.24, 2.45) is 0 Å². The van der Waals surface area contributed by atoms with Crippen molar-refractivity contribution in [3.05, 3.63) is 37.4 Å². The Morgan fingerprint density at radius 2 is 2.11 bits per heavy atom. The molecule has 0 aliphatic carbocycles. The van der Waals surface area contributed by atoms with Crippen molar-refractivity contribution in [3.63, 3.8) is 0 Å². The van der Waals surface area contributed by atoms with Gasteiger partial charge in [0.15, 0.2) is 0 Å². The van der Waals surface area contributed by atoms with E-state index in [0.717, 1.165) is 7.57 Å². The summed E-state index contributed by atoms with van der Waals surface area (Å²) in [4.78, 5) is 12.1. The second-order valence-electron chi connectivity index (χ2n) is 3.65. The Morgan fingerprint density at radius 3 is 2.68 bits per heavy atom. The van der Waals surface area contributed by atoms with E-state index in [1.807, 2.05) is 0 Å². The van der Waals surface area contributed by atoms with E-state index < -0.39 is 0 Å². The molecule has 0 unspecified atom stereocenters. The van der Waals surface area contributed by atoms with E-state index >= 15 is 0 Å². The number of anilines is 2. The third-order valence-corrected chi connectivity index (χ3v) is 4.75. The van der Waals surface area contributed by atoms with Crippen LogP contribution in [0.5, 0.6) is 5.75 Å². The summed E-state index contributed by atoms with van der Waals surface area (Å²) < 4.78 is 6.74. The molecule has 0 saturated carbocycles. The molecule has 2 rings (SSSR count). The molecule has 2 aromatic rings. The van der Waals surface area contributed by atoms with Gasteiger partial charge in [0.05, 0.1) is 31.6 Å². The Hall–Kier alpha value is -1.05. The SMILES string of the molecule is COc1ccc(N)c(NC(=O)c2cc(Br)sc2Br)c1. The Bertz CT molecular complexity index is 628. The molecule has 100 valence electrons. The molecule has 0 saturated heterocycles. The Labute approximate surface area is 131 Å². The molecule has 1 heterocycles. The summed E-state index contributed by atoms with van der Waals surface area (Å²) in [5.74, 6) is 0.406. The fourth-order valence-corrected chi connectivity index (χ4v) is 4.25. The van der Waals surface area contributed by atoms with E-state index in [4.69, 9.17) is 10.5 Å². The Balaban J connectivity index is 2.26. The quantitative estimate of drug-likeness (QED) is 0.755. The summed E-state index contributed by atoms with van der Waals surface area (Å²) in [5, 5.41) is 2.77. The van der Waals surface area contributed by atoms with Gasteiger partial charge in [-0.2, -0.15) is 0 Å². The highest BCUT2D eigenvalue weighted by Crippen LogP contribution is 2.33. The van der Waals surface area contributed by atoms with Gasteiger partial charge in [0.1, 0.15) is 5.75 Å². The van der Waals surface area contributed by atoms with E-state index in [9.17, 15) is 4.79 Å². The lowest BCUT2D eigenvalue weighted by molar-refractivity contribution is 0.102. The summed E-state index contributed by atoms with van der Waals surface area (Å²) in [6, 6.07) is 6.86. The lowest BCUT2D eigenvalue weighted by Gasteiger charge is -2.09. The maximum atomic E-state index is 12.1. The van der Waals surface area contributed by atoms with Gasteiger partial charge in [0.25, 0.3) is 5.91 Å². The number of nitrogens with one attached hydrogen (secondary N) is 1. The highest BCUT2D eigenvalue weighted by atomic mass is 79.9. The van der Waals surface area contributed by atoms with Gasteiger partial charge < -0.3 is 15.8 Å². The minimum Gasteiger partial charge on any atom is -0.497 e. The Kier molecular flexibility index (Phi) is 4.49. The van der Waals surface area contributed by atoms with Gasteiger partial charge >= 0.3 is 0 Å². The number of carbonyl (C=O) groups excluding carboxylic acids is 1. The van der Waals surface area contributed by atoms with Crippen LogP contribution in [0.1, 0.15) is 10.4 Å². The van der Waals surface area contributed by atoms with Crippen molar-refractivity contribution < 1.29 is 9.53 Å². The number of nitrogen functional groups attached to an aromatic ring is 1. The number of methoxy groups -OCH3 is 1. The van der Waals surface area contributed by atoms with Crippen LogP contribution in [0, 0.1) is 0 Å². The number of hydrogen-bond acceptors (Lipinski definition) is 4. The number of nitrogens with two attached hydrogens (primary N) is 1. The molecule has 0 spiro atoms. The summed E-state index contributed by atoms with van der Waals surface area (Å²) in [6.45, 7) is 0. The predicted molar refractivity (Wildman–Crippen MR) is 85.1 cm³/mol. The van der Waals surface area contributed by atoms with Gasteiger partial charge in [-0.3, -0.25) is 4.79 Å². The molecule has 0 bridgehead atoms. The first kappa shape index (κ1) is 14.4. The van der Waals surface area contributed by atoms with E-state index in [0.29, 0.717) is 22.7 Å². The van der Waals surface area contributed by atoms with Gasteiger partial charge in [-0.05, 0) is 50.1 Å². The van der Waals surface area contributed by atoms with Crippen LogP contribution in [-0.4, -0.2) is 13.0 Å². The molecule has 1 amide bonds. The monoisotopic (exact) mass is 404 g/mol. The van der Waals surface area contributed by atoms with E-state index in [-0.39, 0.29) is 5.91 Å². The van der Waals surface area contributed by atoms with Crippen LogP contribution in [0.4, 0.5) is 11.4 Å². The summed E-state index contributed by atoms with van der Waals surface area (Å²) in [7, 11) is 1.56. The maximum absolute atomic E-state index is 12.1. The number of halogens is 2. The molecule has 1 aromatic heterocycles. The first-order chi connectivity index (χ1) is 9.01. The molecule has 0 radical (unpaired) electrons. The number of thiophene rings is 1. The molecule has 1 aromatic carbocycles. The number of ether oxygens (including phenoxy) is 1. The fraction of sp³-hybridized carbons (Fsp3) is 0.0833. The average molecular weight is 406 g/mol. The van der Waals surface area contributed by atoms with Crippen LogP contribution in [0.2, 0.25) is 0 Å². The van der Waals surface area contributed by atoms with Crippen molar-refractivity contribution in [1.29, 1.82) is 0 Å². The molecular weight excluding hydrogens is 396 g/mol. The summed E-state index contributed by atoms with van der Waals surface area (Å²) >= 11 is 8.12. The van der Waals surface area contributed by atoms with E-state index in [1.54, 1.807) is 31.4 Å². The molecule has 0 atom stereocenters. The zero-order valence-corrected chi connectivity index (χ0v) is 13.9.